The number of nitrogens with zero attached hydrogens (tertiary/aromatic N) is 5. The Labute approximate surface area is 203 Å². The first-order valence-corrected chi connectivity index (χ1v) is 13.2. The van der Waals surface area contributed by atoms with Gasteiger partial charge in [0.15, 0.2) is 0 Å². The van der Waals surface area contributed by atoms with Crippen molar-refractivity contribution in [3.8, 4) is 0 Å². The van der Waals surface area contributed by atoms with Gasteiger partial charge in [0.05, 0.1) is 34.1 Å². The number of benzene rings is 1. The summed E-state index contributed by atoms with van der Waals surface area (Å²) in [6.07, 6.45) is 4.15. The molecule has 0 radical (unpaired) electrons. The third-order valence-electron chi connectivity index (χ3n) is 6.60. The fourth-order valence-corrected chi connectivity index (χ4v) is 5.67. The summed E-state index contributed by atoms with van der Waals surface area (Å²) >= 11 is 0. The largest absolute Gasteiger partial charge is 0.331 e. The van der Waals surface area contributed by atoms with E-state index in [2.05, 4.69) is 14.7 Å². The van der Waals surface area contributed by atoms with Crippen molar-refractivity contribution in [1.82, 2.24) is 28.5 Å². The molecule has 1 aliphatic carbocycles. The fraction of sp³-hybridized carbons (Fsp3) is 0.522. The molecule has 2 aromatic heterocycles. The van der Waals surface area contributed by atoms with Crippen LogP contribution in [-0.2, 0) is 30.2 Å². The summed E-state index contributed by atoms with van der Waals surface area (Å²) in [4.78, 5) is 28.9. The normalized spacial score (nSPS) is 15.2. The van der Waals surface area contributed by atoms with Crippen molar-refractivity contribution in [2.45, 2.75) is 50.2 Å². The average molecular weight is 507 g/mol. The number of aromatic nitrogens is 4. The zero-order valence-electron chi connectivity index (χ0n) is 20.2. The Kier molecular flexibility index (Phi) is 6.98. The maximum Gasteiger partial charge on any atom is 0.331 e. The van der Waals surface area contributed by atoms with E-state index in [1.807, 2.05) is 13.8 Å². The minimum Gasteiger partial charge on any atom is -0.302 e. The predicted octanol–water partition coefficient (Wildman–Crippen LogP) is 1.07. The lowest BCUT2D eigenvalue weighted by molar-refractivity contribution is 0.289. The van der Waals surface area contributed by atoms with Gasteiger partial charge in [0.25, 0.3) is 5.56 Å². The summed E-state index contributed by atoms with van der Waals surface area (Å²) in [5, 5.41) is 4.21. The Morgan fingerprint density at radius 2 is 1.89 bits per heavy atom. The van der Waals surface area contributed by atoms with Gasteiger partial charge < -0.3 is 4.90 Å². The van der Waals surface area contributed by atoms with Crippen LogP contribution in [0.4, 0.5) is 4.39 Å². The van der Waals surface area contributed by atoms with Crippen LogP contribution in [0.15, 0.2) is 45.1 Å². The van der Waals surface area contributed by atoms with Crippen molar-refractivity contribution in [2.24, 2.45) is 7.05 Å². The molecule has 1 N–H and O–H groups in total. The molecule has 4 rings (SSSR count). The predicted molar refractivity (Wildman–Crippen MR) is 131 cm³/mol. The van der Waals surface area contributed by atoms with Gasteiger partial charge in [0.2, 0.25) is 10.0 Å². The van der Waals surface area contributed by atoms with Crippen LogP contribution in [0.2, 0.25) is 0 Å². The summed E-state index contributed by atoms with van der Waals surface area (Å²) < 4.78 is 45.9. The molecule has 0 atom stereocenters. The first kappa shape index (κ1) is 25.3. The Balaban J connectivity index is 1.84. The van der Waals surface area contributed by atoms with Crippen LogP contribution in [0.3, 0.4) is 0 Å². The van der Waals surface area contributed by atoms with Gasteiger partial charge in [-0.3, -0.25) is 18.6 Å². The van der Waals surface area contributed by atoms with Crippen molar-refractivity contribution >= 4 is 20.9 Å². The van der Waals surface area contributed by atoms with Gasteiger partial charge in [-0.1, -0.05) is 13.8 Å². The third-order valence-corrected chi connectivity index (χ3v) is 8.18. The maximum absolute atomic E-state index is 13.4. The van der Waals surface area contributed by atoms with Crippen LogP contribution in [0, 0.1) is 0 Å². The number of aryl methyl sites for hydroxylation is 1. The standard InChI is InChI=1S/C23H31FN6O4S/c1-4-28(5-2)10-11-29-20-7-6-18(35(33,34)26-23(16-24)8-9-23)12-19(20)21(31)30(22(29)32)15-17-13-25-27(3)14-17/h6-7,12-14,26H,4-5,8-11,15-16H2,1-3H3. The highest BCUT2D eigenvalue weighted by atomic mass is 32.2. The number of halogens is 1. The summed E-state index contributed by atoms with van der Waals surface area (Å²) in [7, 11) is -2.31. The number of alkyl halides is 1. The number of hydrogen-bond donors (Lipinski definition) is 1. The van der Waals surface area contributed by atoms with Crippen LogP contribution in [0.5, 0.6) is 0 Å². The molecule has 10 nitrogen and oxygen atoms in total. The smallest absolute Gasteiger partial charge is 0.302 e. The molecule has 0 saturated heterocycles. The zero-order chi connectivity index (χ0) is 25.4. The number of nitrogens with one attached hydrogen (secondary N) is 1. The van der Waals surface area contributed by atoms with Crippen LogP contribution < -0.4 is 16.0 Å². The van der Waals surface area contributed by atoms with E-state index in [0.717, 1.165) is 17.7 Å². The van der Waals surface area contributed by atoms with Crippen molar-refractivity contribution in [3.63, 3.8) is 0 Å². The number of rotatable bonds is 11. The fourth-order valence-electron chi connectivity index (χ4n) is 4.20. The van der Waals surface area contributed by atoms with Crippen LogP contribution >= 0.6 is 0 Å². The lowest BCUT2D eigenvalue weighted by Gasteiger charge is -2.20. The van der Waals surface area contributed by atoms with E-state index in [1.165, 1.54) is 22.8 Å². The van der Waals surface area contributed by atoms with E-state index in [0.29, 0.717) is 37.0 Å². The summed E-state index contributed by atoms with van der Waals surface area (Å²) in [6, 6.07) is 4.12. The monoisotopic (exact) mass is 506 g/mol. The minimum absolute atomic E-state index is 0.00685. The Bertz CT molecular complexity index is 1450. The molecule has 0 amide bonds. The summed E-state index contributed by atoms with van der Waals surface area (Å²) in [6.45, 7) is 5.82. The van der Waals surface area contributed by atoms with E-state index < -0.39 is 33.5 Å². The average Bonchev–Trinajstić information content (AvgIpc) is 3.48. The molecular formula is C23H31FN6O4S. The van der Waals surface area contributed by atoms with Gasteiger partial charge in [-0.25, -0.2) is 22.3 Å². The number of likely N-dealkylation sites (N-methyl/N-ethyl adjacent to an activating group) is 1. The molecule has 190 valence electrons. The SMILES string of the molecule is CCN(CC)CCn1c(=O)n(Cc2cnn(C)c2)c(=O)c2cc(S(=O)(=O)NC3(CF)CC3)ccc21. The number of sulfonamides is 1. The second-order valence-electron chi connectivity index (χ2n) is 9.07. The maximum atomic E-state index is 13.4. The molecule has 3 aromatic rings. The van der Waals surface area contributed by atoms with Gasteiger partial charge in [-0.05, 0) is 44.1 Å². The van der Waals surface area contributed by atoms with Crippen LogP contribution in [0.25, 0.3) is 10.9 Å². The van der Waals surface area contributed by atoms with Crippen LogP contribution in [0.1, 0.15) is 32.3 Å². The molecule has 1 fully saturated rings. The van der Waals surface area contributed by atoms with Crippen molar-refractivity contribution in [1.29, 1.82) is 0 Å². The minimum atomic E-state index is -4.05. The molecule has 0 aliphatic heterocycles. The first-order valence-electron chi connectivity index (χ1n) is 11.7. The topological polar surface area (TPSA) is 111 Å². The molecular weight excluding hydrogens is 475 g/mol. The Morgan fingerprint density at radius 1 is 1.17 bits per heavy atom. The highest BCUT2D eigenvalue weighted by molar-refractivity contribution is 7.89. The molecule has 1 aromatic carbocycles. The Morgan fingerprint density at radius 3 is 2.46 bits per heavy atom. The van der Waals surface area contributed by atoms with E-state index in [1.54, 1.807) is 24.1 Å². The van der Waals surface area contributed by atoms with Gasteiger partial charge in [0, 0.05) is 31.9 Å². The van der Waals surface area contributed by atoms with Gasteiger partial charge in [0.1, 0.15) is 6.67 Å². The highest BCUT2D eigenvalue weighted by Crippen LogP contribution is 2.37. The lowest BCUT2D eigenvalue weighted by atomic mass is 10.2. The van der Waals surface area contributed by atoms with Gasteiger partial charge >= 0.3 is 5.69 Å². The quantitative estimate of drug-likeness (QED) is 0.417. The van der Waals surface area contributed by atoms with Gasteiger partial charge in [-0.2, -0.15) is 5.10 Å². The second-order valence-corrected chi connectivity index (χ2v) is 10.8. The number of fused-ring (bicyclic) bond motifs is 1. The Hall–Kier alpha value is -2.83. The molecule has 12 heteroatoms. The molecule has 35 heavy (non-hydrogen) atoms. The first-order chi connectivity index (χ1) is 16.6. The molecule has 1 aliphatic rings. The van der Waals surface area contributed by atoms with E-state index in [9.17, 15) is 22.4 Å². The highest BCUT2D eigenvalue weighted by Gasteiger charge is 2.46. The molecule has 0 bridgehead atoms. The lowest BCUT2D eigenvalue weighted by Crippen LogP contribution is -2.42. The van der Waals surface area contributed by atoms with Crippen LogP contribution in [-0.4, -0.2) is 64.1 Å². The van der Waals surface area contributed by atoms with Crippen molar-refractivity contribution < 1.29 is 12.8 Å². The second kappa shape index (κ2) is 9.67. The van der Waals surface area contributed by atoms with Crippen molar-refractivity contribution in [3.05, 3.63) is 57.0 Å². The van der Waals surface area contributed by atoms with Gasteiger partial charge in [-0.15, -0.1) is 0 Å². The molecule has 2 heterocycles. The summed E-state index contributed by atoms with van der Waals surface area (Å²) in [5.74, 6) is 0. The van der Waals surface area contributed by atoms with E-state index in [-0.39, 0.29) is 16.8 Å². The third kappa shape index (κ3) is 5.09. The molecule has 0 spiro atoms. The number of hydrogen-bond acceptors (Lipinski definition) is 6. The summed E-state index contributed by atoms with van der Waals surface area (Å²) in [5.41, 5.74) is -1.08. The van der Waals surface area contributed by atoms with E-state index >= 15 is 0 Å². The van der Waals surface area contributed by atoms with E-state index in [4.69, 9.17) is 0 Å². The molecule has 1 saturated carbocycles. The zero-order valence-corrected chi connectivity index (χ0v) is 21.0. The molecule has 0 unspecified atom stereocenters. The van der Waals surface area contributed by atoms with Crippen molar-refractivity contribution in [2.75, 3.05) is 26.3 Å².